The summed E-state index contributed by atoms with van der Waals surface area (Å²) >= 11 is 1.35. The number of hydrogen-bond acceptors (Lipinski definition) is 5. The van der Waals surface area contributed by atoms with Crippen LogP contribution in [-0.4, -0.2) is 31.5 Å². The van der Waals surface area contributed by atoms with Crippen molar-refractivity contribution in [1.82, 2.24) is 4.90 Å². The van der Waals surface area contributed by atoms with Gasteiger partial charge < -0.3 is 15.4 Å². The monoisotopic (exact) mass is 303 g/mol. The summed E-state index contributed by atoms with van der Waals surface area (Å²) < 4.78 is 6.22. The van der Waals surface area contributed by atoms with E-state index in [1.54, 1.807) is 21.1 Å². The van der Waals surface area contributed by atoms with Crippen molar-refractivity contribution in [3.8, 4) is 11.8 Å². The van der Waals surface area contributed by atoms with Gasteiger partial charge in [0.05, 0.1) is 30.2 Å². The van der Waals surface area contributed by atoms with E-state index in [-0.39, 0.29) is 11.8 Å². The number of benzene rings is 1. The summed E-state index contributed by atoms with van der Waals surface area (Å²) in [6, 6.07) is 7.72. The number of nitriles is 1. The van der Waals surface area contributed by atoms with Crippen LogP contribution in [0.1, 0.15) is 16.6 Å². The molecule has 2 aromatic rings. The van der Waals surface area contributed by atoms with Gasteiger partial charge in [0, 0.05) is 18.3 Å². The van der Waals surface area contributed by atoms with E-state index in [1.165, 1.54) is 16.2 Å². The number of nitrogens with two attached hydrogens (primary N) is 1. The SMILES string of the molecule is COc1cccc2sc(C(=O)N(C)CC(C)C#N)c(N)c12. The maximum absolute atomic E-state index is 12.5. The van der Waals surface area contributed by atoms with Crippen molar-refractivity contribution < 1.29 is 9.53 Å². The summed E-state index contributed by atoms with van der Waals surface area (Å²) in [5.41, 5.74) is 6.57. The minimum absolute atomic E-state index is 0.169. The van der Waals surface area contributed by atoms with Gasteiger partial charge in [-0.1, -0.05) is 6.07 Å². The average Bonchev–Trinajstić information content (AvgIpc) is 2.83. The van der Waals surface area contributed by atoms with E-state index >= 15 is 0 Å². The van der Waals surface area contributed by atoms with E-state index in [4.69, 9.17) is 15.7 Å². The normalized spacial score (nSPS) is 11.9. The number of hydrogen-bond donors (Lipinski definition) is 1. The standard InChI is InChI=1S/C15H17N3O2S/c1-9(7-16)8-18(2)15(19)14-13(17)12-10(20-3)5-4-6-11(12)21-14/h4-6,9H,8,17H2,1-3H3. The zero-order valence-corrected chi connectivity index (χ0v) is 13.0. The molecule has 0 fully saturated rings. The van der Waals surface area contributed by atoms with E-state index in [0.29, 0.717) is 22.9 Å². The highest BCUT2D eigenvalue weighted by Gasteiger charge is 2.22. The fourth-order valence-electron chi connectivity index (χ4n) is 2.18. The molecule has 2 rings (SSSR count). The second kappa shape index (κ2) is 6.02. The minimum Gasteiger partial charge on any atom is -0.496 e. The highest BCUT2D eigenvalue weighted by Crippen LogP contribution is 2.39. The molecule has 1 unspecified atom stereocenters. The highest BCUT2D eigenvalue weighted by atomic mass is 32.1. The molecule has 0 aliphatic carbocycles. The first kappa shape index (κ1) is 15.1. The Morgan fingerprint density at radius 2 is 2.29 bits per heavy atom. The molecule has 2 N–H and O–H groups in total. The summed E-state index contributed by atoms with van der Waals surface area (Å²) in [6.07, 6.45) is 0. The van der Waals surface area contributed by atoms with Crippen LogP contribution >= 0.6 is 11.3 Å². The Balaban J connectivity index is 2.41. The molecule has 1 aromatic heterocycles. The maximum Gasteiger partial charge on any atom is 0.265 e. The zero-order chi connectivity index (χ0) is 15.6. The van der Waals surface area contributed by atoms with E-state index < -0.39 is 0 Å². The predicted octanol–water partition coefficient (Wildman–Crippen LogP) is 2.72. The van der Waals surface area contributed by atoms with Crippen molar-refractivity contribution in [2.75, 3.05) is 26.4 Å². The van der Waals surface area contributed by atoms with Gasteiger partial charge in [-0.2, -0.15) is 5.26 Å². The quantitative estimate of drug-likeness (QED) is 0.941. The Labute approximate surface area is 127 Å². The second-order valence-corrected chi connectivity index (χ2v) is 5.95. The number of anilines is 1. The first-order valence-electron chi connectivity index (χ1n) is 6.49. The molecule has 1 amide bonds. The van der Waals surface area contributed by atoms with Gasteiger partial charge in [-0.15, -0.1) is 11.3 Å². The maximum atomic E-state index is 12.5. The Hall–Kier alpha value is -2.26. The lowest BCUT2D eigenvalue weighted by molar-refractivity contribution is 0.0791. The van der Waals surface area contributed by atoms with Crippen molar-refractivity contribution in [3.63, 3.8) is 0 Å². The molecule has 5 nitrogen and oxygen atoms in total. The van der Waals surface area contributed by atoms with Gasteiger partial charge in [-0.3, -0.25) is 4.79 Å². The number of ether oxygens (including phenoxy) is 1. The summed E-state index contributed by atoms with van der Waals surface area (Å²) in [7, 11) is 3.26. The van der Waals surface area contributed by atoms with Gasteiger partial charge in [0.2, 0.25) is 0 Å². The zero-order valence-electron chi connectivity index (χ0n) is 12.2. The van der Waals surface area contributed by atoms with Gasteiger partial charge in [-0.25, -0.2) is 0 Å². The molecule has 0 radical (unpaired) electrons. The molecule has 21 heavy (non-hydrogen) atoms. The number of carbonyl (C=O) groups is 1. The molecule has 110 valence electrons. The highest BCUT2D eigenvalue weighted by molar-refractivity contribution is 7.21. The molecule has 0 aliphatic heterocycles. The van der Waals surface area contributed by atoms with E-state index in [9.17, 15) is 4.79 Å². The number of methoxy groups -OCH3 is 1. The first-order chi connectivity index (χ1) is 9.99. The predicted molar refractivity (Wildman–Crippen MR) is 84.5 cm³/mol. The Morgan fingerprint density at radius 3 is 2.90 bits per heavy atom. The lowest BCUT2D eigenvalue weighted by Gasteiger charge is -2.17. The summed E-state index contributed by atoms with van der Waals surface area (Å²) in [5.74, 6) is 0.273. The molecule has 0 saturated heterocycles. The molecule has 0 bridgehead atoms. The molecule has 0 saturated carbocycles. The molecule has 0 spiro atoms. The molecule has 0 aliphatic rings. The van der Waals surface area contributed by atoms with Crippen LogP contribution in [0.5, 0.6) is 5.75 Å². The minimum atomic E-state index is -0.218. The van der Waals surface area contributed by atoms with Crippen LogP contribution in [0.2, 0.25) is 0 Å². The number of thiophene rings is 1. The molecular weight excluding hydrogens is 286 g/mol. The summed E-state index contributed by atoms with van der Waals surface area (Å²) in [6.45, 7) is 2.15. The number of amides is 1. The van der Waals surface area contributed by atoms with Crippen LogP contribution in [-0.2, 0) is 0 Å². The third-order valence-electron chi connectivity index (χ3n) is 3.24. The van der Waals surface area contributed by atoms with Crippen molar-refractivity contribution in [2.45, 2.75) is 6.92 Å². The Bertz CT molecular complexity index is 718. The van der Waals surface area contributed by atoms with Crippen LogP contribution < -0.4 is 10.5 Å². The average molecular weight is 303 g/mol. The van der Waals surface area contributed by atoms with Crippen molar-refractivity contribution in [3.05, 3.63) is 23.1 Å². The lowest BCUT2D eigenvalue weighted by atomic mass is 10.2. The summed E-state index contributed by atoms with van der Waals surface area (Å²) in [5, 5.41) is 9.62. The molecule has 6 heteroatoms. The van der Waals surface area contributed by atoms with Crippen molar-refractivity contribution >= 4 is 33.0 Å². The lowest BCUT2D eigenvalue weighted by Crippen LogP contribution is -2.30. The Kier molecular flexibility index (Phi) is 4.34. The van der Waals surface area contributed by atoms with Crippen molar-refractivity contribution in [2.24, 2.45) is 5.92 Å². The number of nitrogen functional groups attached to an aromatic ring is 1. The number of carbonyl (C=O) groups excluding carboxylic acids is 1. The van der Waals surface area contributed by atoms with E-state index in [2.05, 4.69) is 6.07 Å². The number of fused-ring (bicyclic) bond motifs is 1. The van der Waals surface area contributed by atoms with Crippen LogP contribution in [0.3, 0.4) is 0 Å². The largest absolute Gasteiger partial charge is 0.496 e. The van der Waals surface area contributed by atoms with Gasteiger partial charge in [0.25, 0.3) is 5.91 Å². The van der Waals surface area contributed by atoms with Gasteiger partial charge in [-0.05, 0) is 19.1 Å². The topological polar surface area (TPSA) is 79.3 Å². The van der Waals surface area contributed by atoms with Crippen LogP contribution in [0.25, 0.3) is 10.1 Å². The first-order valence-corrected chi connectivity index (χ1v) is 7.31. The van der Waals surface area contributed by atoms with Crippen molar-refractivity contribution in [1.29, 1.82) is 5.26 Å². The van der Waals surface area contributed by atoms with E-state index in [1.807, 2.05) is 18.2 Å². The third-order valence-corrected chi connectivity index (χ3v) is 4.40. The number of nitrogens with zero attached hydrogens (tertiary/aromatic N) is 2. The molecule has 1 heterocycles. The third kappa shape index (κ3) is 2.78. The van der Waals surface area contributed by atoms with Crippen LogP contribution in [0, 0.1) is 17.2 Å². The second-order valence-electron chi connectivity index (χ2n) is 4.89. The van der Waals surface area contributed by atoms with Gasteiger partial charge in [0.15, 0.2) is 0 Å². The molecule has 1 atom stereocenters. The number of rotatable bonds is 4. The van der Waals surface area contributed by atoms with Gasteiger partial charge >= 0.3 is 0 Å². The van der Waals surface area contributed by atoms with Crippen LogP contribution in [0.4, 0.5) is 5.69 Å². The molecular formula is C15H17N3O2S. The van der Waals surface area contributed by atoms with E-state index in [0.717, 1.165) is 10.1 Å². The molecule has 1 aromatic carbocycles. The fourth-order valence-corrected chi connectivity index (χ4v) is 3.31. The Morgan fingerprint density at radius 1 is 1.57 bits per heavy atom. The van der Waals surface area contributed by atoms with Crippen LogP contribution in [0.15, 0.2) is 18.2 Å². The fraction of sp³-hybridized carbons (Fsp3) is 0.333. The van der Waals surface area contributed by atoms with Gasteiger partial charge in [0.1, 0.15) is 10.6 Å². The summed E-state index contributed by atoms with van der Waals surface area (Å²) in [4.78, 5) is 14.5. The smallest absolute Gasteiger partial charge is 0.265 e.